The molecule has 4 nitrogen and oxygen atoms in total. The highest BCUT2D eigenvalue weighted by Gasteiger charge is 1.92. The van der Waals surface area contributed by atoms with Gasteiger partial charge in [0.1, 0.15) is 0 Å². The summed E-state index contributed by atoms with van der Waals surface area (Å²) < 4.78 is 9.77. The van der Waals surface area contributed by atoms with E-state index in [1.165, 1.54) is 13.3 Å². The van der Waals surface area contributed by atoms with Gasteiger partial charge < -0.3 is 16.4 Å². The molecule has 0 aliphatic heterocycles. The van der Waals surface area contributed by atoms with Gasteiger partial charge in [-0.05, 0) is 0 Å². The molecule has 9 heavy (non-hydrogen) atoms. The van der Waals surface area contributed by atoms with E-state index in [9.17, 15) is 4.57 Å². The molecule has 5 heteroatoms. The average Bonchev–Trinajstić information content (AvgIpc) is 1.61. The van der Waals surface area contributed by atoms with Crippen molar-refractivity contribution in [3.8, 4) is 0 Å². The SMILES string of the molecule is CP(C)(=O)O.NCCN. The predicted octanol–water partition coefficient (Wildman–Crippen LogP) is -0.580. The molecule has 0 atom stereocenters. The first-order valence-electron chi connectivity index (χ1n) is 2.59. The van der Waals surface area contributed by atoms with Gasteiger partial charge in [-0.3, -0.25) is 4.57 Å². The summed E-state index contributed by atoms with van der Waals surface area (Å²) >= 11 is 0. The number of rotatable bonds is 1. The van der Waals surface area contributed by atoms with Crippen molar-refractivity contribution in [2.45, 2.75) is 0 Å². The number of nitrogens with two attached hydrogens (primary N) is 2. The Balaban J connectivity index is 0. The molecule has 0 heterocycles. The Labute approximate surface area is 55.7 Å². The van der Waals surface area contributed by atoms with Crippen molar-refractivity contribution in [1.82, 2.24) is 0 Å². The fourth-order valence-corrected chi connectivity index (χ4v) is 0. The minimum atomic E-state index is -2.64. The van der Waals surface area contributed by atoms with Crippen molar-refractivity contribution in [2.24, 2.45) is 11.5 Å². The summed E-state index contributed by atoms with van der Waals surface area (Å²) in [5, 5.41) is 0. The lowest BCUT2D eigenvalue weighted by Gasteiger charge is -1.86. The second kappa shape index (κ2) is 6.23. The topological polar surface area (TPSA) is 89.3 Å². The normalized spacial score (nSPS) is 9.89. The first-order valence-corrected chi connectivity index (χ1v) is 5.15. The lowest BCUT2D eigenvalue weighted by Crippen LogP contribution is -2.11. The maximum Gasteiger partial charge on any atom is 0.194 e. The standard InChI is InChI=1S/C2H8N2.C2H7O2P/c3-1-2-4;1-5(2,3)4/h1-4H2;1-2H3,(H,3,4). The Morgan fingerprint density at radius 3 is 1.44 bits per heavy atom. The van der Waals surface area contributed by atoms with Crippen LogP contribution in [0.25, 0.3) is 0 Å². The first-order chi connectivity index (χ1) is 3.91. The van der Waals surface area contributed by atoms with E-state index in [2.05, 4.69) is 0 Å². The fraction of sp³-hybridized carbons (Fsp3) is 1.00. The molecule has 0 aliphatic rings. The van der Waals surface area contributed by atoms with Gasteiger partial charge in [0.2, 0.25) is 0 Å². The quantitative estimate of drug-likeness (QED) is 0.441. The van der Waals surface area contributed by atoms with Crippen LogP contribution >= 0.6 is 7.37 Å². The third kappa shape index (κ3) is 246. The molecule has 0 bridgehead atoms. The zero-order valence-electron chi connectivity index (χ0n) is 5.87. The number of hydrogen-bond acceptors (Lipinski definition) is 3. The minimum Gasteiger partial charge on any atom is -0.345 e. The van der Waals surface area contributed by atoms with Crippen LogP contribution in [0.2, 0.25) is 0 Å². The van der Waals surface area contributed by atoms with Crippen LogP contribution in [0.4, 0.5) is 0 Å². The zero-order chi connectivity index (χ0) is 7.91. The van der Waals surface area contributed by atoms with Crippen LogP contribution in [0, 0.1) is 0 Å². The van der Waals surface area contributed by atoms with Gasteiger partial charge in [0, 0.05) is 26.4 Å². The first kappa shape index (κ1) is 11.9. The summed E-state index contributed by atoms with van der Waals surface area (Å²) in [4.78, 5) is 8.08. The van der Waals surface area contributed by atoms with E-state index in [-0.39, 0.29) is 0 Å². The molecular formula is C4H15N2O2P. The molecule has 5 N–H and O–H groups in total. The van der Waals surface area contributed by atoms with Gasteiger partial charge in [-0.15, -0.1) is 0 Å². The Bertz CT molecular complexity index is 80.3. The Morgan fingerprint density at radius 2 is 1.44 bits per heavy atom. The second-order valence-corrected chi connectivity index (χ2v) is 4.46. The highest BCUT2D eigenvalue weighted by atomic mass is 31.2. The van der Waals surface area contributed by atoms with E-state index in [0.717, 1.165) is 0 Å². The molecule has 0 rings (SSSR count). The molecule has 58 valence electrons. The van der Waals surface area contributed by atoms with Crippen LogP contribution in [0.3, 0.4) is 0 Å². The van der Waals surface area contributed by atoms with Gasteiger partial charge in [0.25, 0.3) is 0 Å². The van der Waals surface area contributed by atoms with Crippen LogP contribution in [-0.4, -0.2) is 31.3 Å². The Morgan fingerprint density at radius 1 is 1.33 bits per heavy atom. The van der Waals surface area contributed by atoms with Gasteiger partial charge >= 0.3 is 0 Å². The number of hydrogen-bond donors (Lipinski definition) is 3. The third-order valence-electron chi connectivity index (χ3n) is 0.167. The summed E-state index contributed by atoms with van der Waals surface area (Å²) in [6.45, 7) is 3.79. The fourth-order valence-electron chi connectivity index (χ4n) is 0. The molecule has 0 aromatic carbocycles. The molecule has 0 fully saturated rings. The van der Waals surface area contributed by atoms with Crippen molar-refractivity contribution >= 4 is 7.37 Å². The van der Waals surface area contributed by atoms with Gasteiger partial charge in [-0.1, -0.05) is 0 Å². The smallest absolute Gasteiger partial charge is 0.194 e. The maximum atomic E-state index is 9.77. The molecule has 0 saturated heterocycles. The summed E-state index contributed by atoms with van der Waals surface area (Å²) in [7, 11) is -2.64. The van der Waals surface area contributed by atoms with Crippen LogP contribution in [0.5, 0.6) is 0 Å². The lowest BCUT2D eigenvalue weighted by atomic mass is 10.7. The maximum absolute atomic E-state index is 9.77. The summed E-state index contributed by atoms with van der Waals surface area (Å²) in [6, 6.07) is 0. The summed E-state index contributed by atoms with van der Waals surface area (Å²) in [5.41, 5.74) is 9.81. The average molecular weight is 154 g/mol. The van der Waals surface area contributed by atoms with Crippen LogP contribution in [0.1, 0.15) is 0 Å². The van der Waals surface area contributed by atoms with Crippen molar-refractivity contribution in [3.05, 3.63) is 0 Å². The minimum absolute atomic E-state index is 0.597. The van der Waals surface area contributed by atoms with Gasteiger partial charge in [-0.25, -0.2) is 0 Å². The van der Waals surface area contributed by atoms with Crippen LogP contribution in [0.15, 0.2) is 0 Å². The summed E-state index contributed by atoms with van der Waals surface area (Å²) in [5.74, 6) is 0. The largest absolute Gasteiger partial charge is 0.345 e. The van der Waals surface area contributed by atoms with E-state index < -0.39 is 7.37 Å². The molecule has 0 saturated carbocycles. The van der Waals surface area contributed by atoms with Gasteiger partial charge in [0.15, 0.2) is 7.37 Å². The Hall–Kier alpha value is 0.110. The van der Waals surface area contributed by atoms with Gasteiger partial charge in [-0.2, -0.15) is 0 Å². The van der Waals surface area contributed by atoms with E-state index in [4.69, 9.17) is 16.4 Å². The molecule has 0 unspecified atom stereocenters. The molecule has 0 spiro atoms. The van der Waals surface area contributed by atoms with E-state index in [0.29, 0.717) is 13.1 Å². The molecule has 0 radical (unpaired) electrons. The van der Waals surface area contributed by atoms with Crippen LogP contribution < -0.4 is 11.5 Å². The van der Waals surface area contributed by atoms with Crippen molar-refractivity contribution in [3.63, 3.8) is 0 Å². The molecule has 0 aromatic heterocycles. The molecule has 0 aromatic rings. The van der Waals surface area contributed by atoms with E-state index in [1.54, 1.807) is 0 Å². The van der Waals surface area contributed by atoms with Crippen molar-refractivity contribution in [1.29, 1.82) is 0 Å². The summed E-state index contributed by atoms with van der Waals surface area (Å²) in [6.07, 6.45) is 0. The van der Waals surface area contributed by atoms with Crippen molar-refractivity contribution in [2.75, 3.05) is 26.4 Å². The highest BCUT2D eigenvalue weighted by molar-refractivity contribution is 7.56. The van der Waals surface area contributed by atoms with Crippen LogP contribution in [-0.2, 0) is 4.57 Å². The Kier molecular flexibility index (Phi) is 8.21. The predicted molar refractivity (Wildman–Crippen MR) is 39.8 cm³/mol. The molecule has 0 amide bonds. The molecule has 0 aliphatic carbocycles. The third-order valence-corrected chi connectivity index (χ3v) is 0.167. The lowest BCUT2D eigenvalue weighted by molar-refractivity contribution is 0.492. The van der Waals surface area contributed by atoms with E-state index >= 15 is 0 Å². The van der Waals surface area contributed by atoms with Crippen molar-refractivity contribution < 1.29 is 9.46 Å². The highest BCUT2D eigenvalue weighted by Crippen LogP contribution is 2.27. The van der Waals surface area contributed by atoms with Gasteiger partial charge in [0.05, 0.1) is 0 Å². The second-order valence-electron chi connectivity index (χ2n) is 1.87. The molecular weight excluding hydrogens is 139 g/mol. The zero-order valence-corrected chi connectivity index (χ0v) is 6.77. The van der Waals surface area contributed by atoms with E-state index in [1.807, 2.05) is 0 Å². The monoisotopic (exact) mass is 154 g/mol.